The number of rotatable bonds is 12. The van der Waals surface area contributed by atoms with Gasteiger partial charge in [0.1, 0.15) is 29.2 Å². The van der Waals surface area contributed by atoms with Crippen molar-refractivity contribution in [1.29, 1.82) is 0 Å². The number of carbonyl (C=O) groups excluding carboxylic acids is 2. The minimum Gasteiger partial charge on any atom is -0.287 e. The molecule has 1 fully saturated rings. The number of hydrogen-bond donors (Lipinski definition) is 0. The highest BCUT2D eigenvalue weighted by atomic mass is 35.5. The average molecular weight is 750 g/mol. The second-order valence-corrected chi connectivity index (χ2v) is 18.2. The first-order valence-electron chi connectivity index (χ1n) is 19.0. The Kier molecular flexibility index (Phi) is 12.2. The largest absolute Gasteiger partial charge is 0.287 e. The van der Waals surface area contributed by atoms with Crippen LogP contribution in [0.3, 0.4) is 0 Å². The van der Waals surface area contributed by atoms with Crippen molar-refractivity contribution in [2.75, 3.05) is 7.05 Å². The summed E-state index contributed by atoms with van der Waals surface area (Å²) in [5.41, 5.74) is 3.44. The molecular formula is C48H47ClN2O2P+. The zero-order valence-electron chi connectivity index (χ0n) is 30.8. The predicted molar refractivity (Wildman–Crippen MR) is 225 cm³/mol. The van der Waals surface area contributed by atoms with E-state index < -0.39 is 13.3 Å². The Morgan fingerprint density at radius 2 is 1.11 bits per heavy atom. The number of benzene rings is 6. The third-order valence-electron chi connectivity index (χ3n) is 10.8. The van der Waals surface area contributed by atoms with Gasteiger partial charge in [-0.05, 0) is 85.6 Å². The molecule has 0 bridgehead atoms. The summed E-state index contributed by atoms with van der Waals surface area (Å²) in [6.07, 6.45) is 5.30. The molecular weight excluding hydrogens is 703 g/mol. The van der Waals surface area contributed by atoms with Crippen LogP contribution in [0.25, 0.3) is 0 Å². The topological polar surface area (TPSA) is 40.6 Å². The van der Waals surface area contributed by atoms with Crippen LogP contribution in [0.5, 0.6) is 0 Å². The van der Waals surface area contributed by atoms with Gasteiger partial charge in [-0.1, -0.05) is 146 Å². The zero-order valence-corrected chi connectivity index (χ0v) is 32.5. The fraction of sp³-hybridized carbons (Fsp3) is 0.208. The SMILES string of the molecule is CN(Cc1ccccc1)C(C(=O)N(C(=O)c1ccccc1C[P+](c1ccccc1)(c1ccccc1)c1ccccc1)C1CCCCC1)c1ccc(Cl)cc1. The van der Waals surface area contributed by atoms with Crippen LogP contribution in [-0.2, 0) is 17.5 Å². The highest BCUT2D eigenvalue weighted by Gasteiger charge is 2.47. The van der Waals surface area contributed by atoms with Crippen molar-refractivity contribution < 1.29 is 9.59 Å². The summed E-state index contributed by atoms with van der Waals surface area (Å²) in [6.45, 7) is 0.543. The number of halogens is 1. The molecule has 0 N–H and O–H groups in total. The summed E-state index contributed by atoms with van der Waals surface area (Å²) in [7, 11) is -0.358. The molecule has 4 nitrogen and oxygen atoms in total. The zero-order chi connectivity index (χ0) is 37.3. The maximum Gasteiger partial charge on any atom is 0.261 e. The number of carbonyl (C=O) groups is 2. The molecule has 54 heavy (non-hydrogen) atoms. The molecule has 6 aromatic rings. The summed E-state index contributed by atoms with van der Waals surface area (Å²) < 4.78 is 0. The maximum atomic E-state index is 15.5. The van der Waals surface area contributed by atoms with Gasteiger partial charge in [0.2, 0.25) is 0 Å². The molecule has 1 aliphatic rings. The van der Waals surface area contributed by atoms with Crippen LogP contribution in [-0.4, -0.2) is 34.7 Å². The number of hydrogen-bond acceptors (Lipinski definition) is 3. The van der Waals surface area contributed by atoms with Crippen LogP contribution in [0, 0.1) is 0 Å². The highest BCUT2D eigenvalue weighted by molar-refractivity contribution is 7.95. The molecule has 1 aliphatic carbocycles. The Bertz CT molecular complexity index is 2030. The normalized spacial score (nSPS) is 14.1. The van der Waals surface area contributed by atoms with Crippen molar-refractivity contribution in [1.82, 2.24) is 9.80 Å². The summed E-state index contributed by atoms with van der Waals surface area (Å²) >= 11 is 6.36. The summed E-state index contributed by atoms with van der Waals surface area (Å²) in [5.74, 6) is -0.417. The van der Waals surface area contributed by atoms with E-state index in [2.05, 4.69) is 114 Å². The van der Waals surface area contributed by atoms with Gasteiger partial charge in [0.15, 0.2) is 0 Å². The summed E-state index contributed by atoms with van der Waals surface area (Å²) in [6, 6.07) is 57.0. The van der Waals surface area contributed by atoms with Gasteiger partial charge in [-0.25, -0.2) is 0 Å². The molecule has 1 atom stereocenters. The number of amides is 2. The van der Waals surface area contributed by atoms with E-state index in [0.717, 1.165) is 48.8 Å². The van der Waals surface area contributed by atoms with Crippen molar-refractivity contribution in [3.8, 4) is 0 Å². The van der Waals surface area contributed by atoms with Gasteiger partial charge < -0.3 is 0 Å². The first-order valence-corrected chi connectivity index (χ1v) is 21.3. The number of nitrogens with zero attached hydrogens (tertiary/aromatic N) is 2. The summed E-state index contributed by atoms with van der Waals surface area (Å²) in [5, 5.41) is 4.34. The van der Waals surface area contributed by atoms with Gasteiger partial charge in [-0.15, -0.1) is 0 Å². The van der Waals surface area contributed by atoms with E-state index in [1.54, 1.807) is 4.90 Å². The molecule has 272 valence electrons. The van der Waals surface area contributed by atoms with E-state index in [4.69, 9.17) is 11.6 Å². The molecule has 1 unspecified atom stereocenters. The van der Waals surface area contributed by atoms with Crippen molar-refractivity contribution >= 4 is 46.6 Å². The fourth-order valence-corrected chi connectivity index (χ4v) is 12.5. The molecule has 0 heterocycles. The van der Waals surface area contributed by atoms with Gasteiger partial charge in [0, 0.05) is 28.7 Å². The van der Waals surface area contributed by atoms with Gasteiger partial charge in [0.25, 0.3) is 11.8 Å². The lowest BCUT2D eigenvalue weighted by Gasteiger charge is -2.38. The lowest BCUT2D eigenvalue weighted by atomic mass is 9.92. The number of likely N-dealkylation sites (N-methyl/N-ethyl adjacent to an activating group) is 1. The maximum absolute atomic E-state index is 15.5. The fourth-order valence-electron chi connectivity index (χ4n) is 8.13. The van der Waals surface area contributed by atoms with E-state index in [0.29, 0.717) is 23.3 Å². The minimum atomic E-state index is -2.33. The second-order valence-electron chi connectivity index (χ2n) is 14.3. The predicted octanol–water partition coefficient (Wildman–Crippen LogP) is 10.0. The minimum absolute atomic E-state index is 0.191. The van der Waals surface area contributed by atoms with Crippen molar-refractivity contribution in [3.05, 3.63) is 197 Å². The Morgan fingerprint density at radius 1 is 0.630 bits per heavy atom. The standard InChI is InChI=1S/C48H47ClN2O2P/c1-50(35-37-19-7-2-8-20-37)46(38-31-33-40(49)34-32-38)48(53)51(41-22-9-3-10-23-41)47(52)45-30-18-17-21-39(45)36-54(42-24-11-4-12-25-42,43-26-13-5-14-27-43)44-28-15-6-16-29-44/h2,4-8,11-21,24-34,41,46H,3,9-10,22-23,35-36H2,1H3/q+1. The molecule has 0 saturated heterocycles. The molecule has 6 heteroatoms. The van der Waals surface area contributed by atoms with E-state index in [9.17, 15) is 0 Å². The van der Waals surface area contributed by atoms with Crippen molar-refractivity contribution in [2.45, 2.75) is 56.9 Å². The first kappa shape index (κ1) is 37.5. The highest BCUT2D eigenvalue weighted by Crippen LogP contribution is 2.58. The molecule has 1 saturated carbocycles. The Balaban J connectivity index is 1.35. The monoisotopic (exact) mass is 749 g/mol. The van der Waals surface area contributed by atoms with E-state index in [1.165, 1.54) is 15.9 Å². The molecule has 2 amide bonds. The Morgan fingerprint density at radius 3 is 1.65 bits per heavy atom. The molecule has 0 spiro atoms. The molecule has 0 aliphatic heterocycles. The average Bonchev–Trinajstić information content (AvgIpc) is 3.23. The van der Waals surface area contributed by atoms with E-state index in [1.807, 2.05) is 67.7 Å². The van der Waals surface area contributed by atoms with Crippen LogP contribution in [0.4, 0.5) is 0 Å². The van der Waals surface area contributed by atoms with E-state index in [-0.39, 0.29) is 17.9 Å². The molecule has 7 rings (SSSR count). The third-order valence-corrected chi connectivity index (χ3v) is 15.4. The van der Waals surface area contributed by atoms with Crippen LogP contribution < -0.4 is 15.9 Å². The lowest BCUT2D eigenvalue weighted by Crippen LogP contribution is -2.50. The number of imide groups is 1. The van der Waals surface area contributed by atoms with Crippen LogP contribution in [0.2, 0.25) is 5.02 Å². The lowest BCUT2D eigenvalue weighted by molar-refractivity contribution is -0.136. The van der Waals surface area contributed by atoms with Crippen molar-refractivity contribution in [3.63, 3.8) is 0 Å². The summed E-state index contributed by atoms with van der Waals surface area (Å²) in [4.78, 5) is 34.5. The van der Waals surface area contributed by atoms with Crippen molar-refractivity contribution in [2.24, 2.45) is 0 Å². The van der Waals surface area contributed by atoms with E-state index >= 15 is 9.59 Å². The molecule has 6 aromatic carbocycles. The van der Waals surface area contributed by atoms with Gasteiger partial charge in [-0.3, -0.25) is 19.4 Å². The van der Waals surface area contributed by atoms with Gasteiger partial charge in [0.05, 0.1) is 6.16 Å². The molecule has 0 aromatic heterocycles. The second kappa shape index (κ2) is 17.5. The Hall–Kier alpha value is -4.86. The first-order chi connectivity index (χ1) is 26.5. The van der Waals surface area contributed by atoms with Gasteiger partial charge in [-0.2, -0.15) is 0 Å². The molecule has 0 radical (unpaired) electrons. The third kappa shape index (κ3) is 8.12. The van der Waals surface area contributed by atoms with Crippen LogP contribution >= 0.6 is 18.9 Å². The van der Waals surface area contributed by atoms with Crippen LogP contribution in [0.15, 0.2) is 170 Å². The van der Waals surface area contributed by atoms with Gasteiger partial charge >= 0.3 is 0 Å². The quantitative estimate of drug-likeness (QED) is 0.117. The smallest absolute Gasteiger partial charge is 0.261 e. The Labute approximate surface area is 325 Å². The van der Waals surface area contributed by atoms with Crippen LogP contribution in [0.1, 0.15) is 65.2 Å².